The molecule has 0 aliphatic heterocycles. The molecule has 0 N–H and O–H groups in total. The van der Waals surface area contributed by atoms with Crippen molar-refractivity contribution in [2.24, 2.45) is 0 Å². The topological polar surface area (TPSA) is 73.8 Å². The molecule has 0 amide bonds. The van der Waals surface area contributed by atoms with E-state index in [4.69, 9.17) is 14.2 Å². The molecule has 35 heavy (non-hydrogen) atoms. The molecule has 0 atom stereocenters. The van der Waals surface area contributed by atoms with Gasteiger partial charge in [-0.25, -0.2) is 14.8 Å². The summed E-state index contributed by atoms with van der Waals surface area (Å²) in [5, 5.41) is 0. The highest BCUT2D eigenvalue weighted by Crippen LogP contribution is 2.36. The Kier molecular flexibility index (Phi) is 7.83. The van der Waals surface area contributed by atoms with Gasteiger partial charge in [0.25, 0.3) is 0 Å². The van der Waals surface area contributed by atoms with Crippen molar-refractivity contribution in [3.63, 3.8) is 0 Å². The number of rotatable bonds is 8. The Morgan fingerprint density at radius 1 is 0.943 bits per heavy atom. The number of carbonyl (C=O) groups excluding carboxylic acids is 1. The lowest BCUT2D eigenvalue weighted by Gasteiger charge is -2.26. The van der Waals surface area contributed by atoms with E-state index in [2.05, 4.69) is 9.97 Å². The van der Waals surface area contributed by atoms with E-state index in [1.165, 1.54) is 19.5 Å². The van der Waals surface area contributed by atoms with Gasteiger partial charge in [-0.05, 0) is 57.2 Å². The lowest BCUT2D eigenvalue weighted by atomic mass is 10.1. The number of halogens is 3. The summed E-state index contributed by atoms with van der Waals surface area (Å²) < 4.78 is 53.4. The van der Waals surface area contributed by atoms with Gasteiger partial charge in [-0.3, -0.25) is 0 Å². The van der Waals surface area contributed by atoms with E-state index in [-0.39, 0.29) is 11.5 Å². The largest absolute Gasteiger partial charge is 0.493 e. The van der Waals surface area contributed by atoms with Gasteiger partial charge in [-0.1, -0.05) is 0 Å². The van der Waals surface area contributed by atoms with Crippen LogP contribution in [0.5, 0.6) is 11.5 Å². The summed E-state index contributed by atoms with van der Waals surface area (Å²) in [6, 6.07) is 11.4. The number of alkyl halides is 3. The minimum atomic E-state index is -4.47. The van der Waals surface area contributed by atoms with Crippen molar-refractivity contribution >= 4 is 17.3 Å². The standard InChI is InChI=1S/C25H26F3N3O4/c1-24(2,3)35-23(32)18-5-7-19(8-6-18)31(14-17-12-29-16-30-13-17)20-9-10-21(22(11-20)33-4)34-15-25(26,27)28/h5-13,16H,14-15H2,1-4H3. The number of hydrogen-bond acceptors (Lipinski definition) is 7. The number of hydrogen-bond donors (Lipinski definition) is 0. The Balaban J connectivity index is 1.94. The molecule has 0 saturated carbocycles. The Bertz CT molecular complexity index is 1130. The molecule has 186 valence electrons. The molecule has 0 radical (unpaired) electrons. The van der Waals surface area contributed by atoms with Crippen molar-refractivity contribution in [1.82, 2.24) is 9.97 Å². The summed E-state index contributed by atoms with van der Waals surface area (Å²) in [6.07, 6.45) is 0.262. The fourth-order valence-electron chi connectivity index (χ4n) is 3.14. The average molecular weight is 489 g/mol. The molecule has 0 spiro atoms. The molecule has 7 nitrogen and oxygen atoms in total. The minimum absolute atomic E-state index is 0.0307. The van der Waals surface area contributed by atoms with Gasteiger partial charge < -0.3 is 19.1 Å². The lowest BCUT2D eigenvalue weighted by molar-refractivity contribution is -0.153. The van der Waals surface area contributed by atoms with Crippen LogP contribution < -0.4 is 14.4 Å². The van der Waals surface area contributed by atoms with Gasteiger partial charge in [0.2, 0.25) is 0 Å². The Hall–Kier alpha value is -3.82. The van der Waals surface area contributed by atoms with Crippen molar-refractivity contribution in [2.75, 3.05) is 18.6 Å². The zero-order valence-corrected chi connectivity index (χ0v) is 19.8. The van der Waals surface area contributed by atoms with Gasteiger partial charge in [0.05, 0.1) is 19.2 Å². The second-order valence-electron chi connectivity index (χ2n) is 8.62. The maximum Gasteiger partial charge on any atom is 0.422 e. The first-order chi connectivity index (χ1) is 16.4. The molecule has 10 heteroatoms. The van der Waals surface area contributed by atoms with E-state index in [0.29, 0.717) is 23.5 Å². The molecule has 0 unspecified atom stereocenters. The highest BCUT2D eigenvalue weighted by Gasteiger charge is 2.29. The van der Waals surface area contributed by atoms with Crippen molar-refractivity contribution in [3.8, 4) is 11.5 Å². The summed E-state index contributed by atoms with van der Waals surface area (Å²) in [5.41, 5.74) is 1.89. The van der Waals surface area contributed by atoms with Crippen LogP contribution in [0, 0.1) is 0 Å². The zero-order chi connectivity index (χ0) is 25.6. The van der Waals surface area contributed by atoms with Crippen LogP contribution in [0.2, 0.25) is 0 Å². The van der Waals surface area contributed by atoms with Crippen LogP contribution in [0.4, 0.5) is 24.5 Å². The Morgan fingerprint density at radius 2 is 1.57 bits per heavy atom. The second kappa shape index (κ2) is 10.6. The van der Waals surface area contributed by atoms with E-state index in [1.807, 2.05) is 4.90 Å². The summed E-state index contributed by atoms with van der Waals surface area (Å²) in [5.74, 6) is -0.330. The van der Waals surface area contributed by atoms with Gasteiger partial charge in [0, 0.05) is 35.4 Å². The van der Waals surface area contributed by atoms with Gasteiger partial charge in [0.1, 0.15) is 11.9 Å². The fraction of sp³-hybridized carbons (Fsp3) is 0.320. The van der Waals surface area contributed by atoms with E-state index < -0.39 is 24.4 Å². The molecule has 3 aromatic rings. The SMILES string of the molecule is COc1cc(N(Cc2cncnc2)c2ccc(C(=O)OC(C)(C)C)cc2)ccc1OCC(F)(F)F. The minimum Gasteiger partial charge on any atom is -0.493 e. The summed E-state index contributed by atoms with van der Waals surface area (Å²) in [7, 11) is 1.35. The number of aromatic nitrogens is 2. The third-order valence-electron chi connectivity index (χ3n) is 4.62. The lowest BCUT2D eigenvalue weighted by Crippen LogP contribution is -2.24. The molecule has 3 rings (SSSR count). The highest BCUT2D eigenvalue weighted by atomic mass is 19.4. The van der Waals surface area contributed by atoms with Gasteiger partial charge in [0.15, 0.2) is 18.1 Å². The van der Waals surface area contributed by atoms with E-state index in [9.17, 15) is 18.0 Å². The average Bonchev–Trinajstić information content (AvgIpc) is 2.80. The second-order valence-corrected chi connectivity index (χ2v) is 8.62. The molecular weight excluding hydrogens is 463 g/mol. The van der Waals surface area contributed by atoms with Crippen LogP contribution in [0.3, 0.4) is 0 Å². The summed E-state index contributed by atoms with van der Waals surface area (Å²) >= 11 is 0. The van der Waals surface area contributed by atoms with Crippen LogP contribution in [-0.4, -0.2) is 41.4 Å². The molecule has 0 saturated heterocycles. The van der Waals surface area contributed by atoms with Gasteiger partial charge in [-0.2, -0.15) is 13.2 Å². The molecular formula is C25H26F3N3O4. The molecule has 1 heterocycles. The third kappa shape index (κ3) is 7.59. The van der Waals surface area contributed by atoms with E-state index >= 15 is 0 Å². The third-order valence-corrected chi connectivity index (χ3v) is 4.62. The van der Waals surface area contributed by atoms with E-state index in [1.54, 1.807) is 69.6 Å². The smallest absolute Gasteiger partial charge is 0.422 e. The first-order valence-corrected chi connectivity index (χ1v) is 10.7. The first-order valence-electron chi connectivity index (χ1n) is 10.7. The molecule has 0 aliphatic carbocycles. The molecule has 0 bridgehead atoms. The highest BCUT2D eigenvalue weighted by molar-refractivity contribution is 5.90. The monoisotopic (exact) mass is 489 g/mol. The van der Waals surface area contributed by atoms with Crippen LogP contribution in [0.25, 0.3) is 0 Å². The summed E-state index contributed by atoms with van der Waals surface area (Å²) in [4.78, 5) is 22.4. The summed E-state index contributed by atoms with van der Waals surface area (Å²) in [6.45, 7) is 4.29. The van der Waals surface area contributed by atoms with Crippen LogP contribution in [-0.2, 0) is 11.3 Å². The van der Waals surface area contributed by atoms with Crippen LogP contribution in [0.1, 0.15) is 36.7 Å². The molecule has 1 aromatic heterocycles. The number of esters is 1. The quantitative estimate of drug-likeness (QED) is 0.375. The van der Waals surface area contributed by atoms with Gasteiger partial charge >= 0.3 is 12.1 Å². The van der Waals surface area contributed by atoms with Crippen molar-refractivity contribution in [3.05, 3.63) is 72.3 Å². The number of nitrogens with zero attached hydrogens (tertiary/aromatic N) is 3. The van der Waals surface area contributed by atoms with Gasteiger partial charge in [-0.15, -0.1) is 0 Å². The molecule has 0 aliphatic rings. The fourth-order valence-corrected chi connectivity index (χ4v) is 3.14. The maximum absolute atomic E-state index is 12.6. The Labute approximate surface area is 201 Å². The first kappa shape index (κ1) is 25.8. The number of ether oxygens (including phenoxy) is 3. The predicted molar refractivity (Wildman–Crippen MR) is 124 cm³/mol. The maximum atomic E-state index is 12.6. The zero-order valence-electron chi connectivity index (χ0n) is 19.8. The number of methoxy groups -OCH3 is 1. The molecule has 2 aromatic carbocycles. The number of benzene rings is 2. The van der Waals surface area contributed by atoms with Crippen molar-refractivity contribution < 1.29 is 32.2 Å². The van der Waals surface area contributed by atoms with Crippen molar-refractivity contribution in [2.45, 2.75) is 39.1 Å². The number of carbonyl (C=O) groups is 1. The van der Waals surface area contributed by atoms with Crippen molar-refractivity contribution in [1.29, 1.82) is 0 Å². The van der Waals surface area contributed by atoms with Crippen LogP contribution in [0.15, 0.2) is 61.2 Å². The molecule has 0 fully saturated rings. The van der Waals surface area contributed by atoms with E-state index in [0.717, 1.165) is 5.56 Å². The van der Waals surface area contributed by atoms with Crippen LogP contribution >= 0.6 is 0 Å². The Morgan fingerprint density at radius 3 is 2.14 bits per heavy atom. The number of anilines is 2. The normalized spacial score (nSPS) is 11.6. The predicted octanol–water partition coefficient (Wildman–Crippen LogP) is 5.72.